The van der Waals surface area contributed by atoms with Gasteiger partial charge in [-0.2, -0.15) is 0 Å². The molecule has 4 nitrogen and oxygen atoms in total. The van der Waals surface area contributed by atoms with Crippen LogP contribution < -0.4 is 0 Å². The maximum absolute atomic E-state index is 10.7. The van der Waals surface area contributed by atoms with Crippen LogP contribution in [0.25, 0.3) is 0 Å². The summed E-state index contributed by atoms with van der Waals surface area (Å²) in [5.41, 5.74) is 4.14. The van der Waals surface area contributed by atoms with Gasteiger partial charge in [-0.25, -0.2) is 0 Å². The van der Waals surface area contributed by atoms with E-state index in [9.17, 15) is 15.0 Å². The molecule has 31 heavy (non-hydrogen) atoms. The molecule has 0 spiro atoms. The summed E-state index contributed by atoms with van der Waals surface area (Å²) < 4.78 is 0. The second-order valence-electron chi connectivity index (χ2n) is 8.94. The minimum absolute atomic E-state index is 0.163. The summed E-state index contributed by atoms with van der Waals surface area (Å²) in [6, 6.07) is 3.64. The number of hydrogen-bond donors (Lipinski definition) is 3. The maximum atomic E-state index is 10.7. The van der Waals surface area contributed by atoms with Crippen LogP contribution in [0, 0.1) is 0 Å². The van der Waals surface area contributed by atoms with E-state index in [0.29, 0.717) is 18.4 Å². The highest BCUT2D eigenvalue weighted by atomic mass is 16.4. The summed E-state index contributed by atoms with van der Waals surface area (Å²) in [4.78, 5) is 10.7. The quantitative estimate of drug-likeness (QED) is 0.197. The molecule has 0 fully saturated rings. The van der Waals surface area contributed by atoms with Crippen LogP contribution >= 0.6 is 0 Å². The number of phenolic OH excluding ortho intramolecular Hbond substituents is 2. The number of carboxylic acids is 1. The predicted octanol–water partition coefficient (Wildman–Crippen LogP) is 7.64. The van der Waals surface area contributed by atoms with E-state index in [-0.39, 0.29) is 23.8 Å². The van der Waals surface area contributed by atoms with Gasteiger partial charge in [-0.3, -0.25) is 4.79 Å². The number of rotatable bonds is 15. The Morgan fingerprint density at radius 1 is 0.935 bits per heavy atom. The number of unbranched alkanes of at least 4 members (excludes halogenated alkanes) is 3. The van der Waals surface area contributed by atoms with Gasteiger partial charge in [-0.05, 0) is 82.9 Å². The molecule has 1 unspecified atom stereocenters. The number of phenols is 2. The van der Waals surface area contributed by atoms with Crippen molar-refractivity contribution in [3.63, 3.8) is 0 Å². The molecule has 0 bridgehead atoms. The van der Waals surface area contributed by atoms with Crippen LogP contribution in [0.15, 0.2) is 35.4 Å². The Morgan fingerprint density at radius 2 is 1.58 bits per heavy atom. The van der Waals surface area contributed by atoms with Crippen molar-refractivity contribution in [2.75, 3.05) is 0 Å². The SMILES string of the molecule is CCCCC(CCCCCC(=O)O)c1cc(O)c(C/C=C(\C)CCC=C(C)C)c(O)c1. The molecular weight excluding hydrogens is 388 g/mol. The van der Waals surface area contributed by atoms with Crippen LogP contribution in [0.5, 0.6) is 11.5 Å². The van der Waals surface area contributed by atoms with Gasteiger partial charge >= 0.3 is 5.97 Å². The fourth-order valence-electron chi connectivity index (χ4n) is 3.85. The smallest absolute Gasteiger partial charge is 0.303 e. The minimum Gasteiger partial charge on any atom is -0.508 e. The van der Waals surface area contributed by atoms with E-state index < -0.39 is 5.97 Å². The normalized spacial score (nSPS) is 12.6. The lowest BCUT2D eigenvalue weighted by molar-refractivity contribution is -0.137. The second-order valence-corrected chi connectivity index (χ2v) is 8.94. The van der Waals surface area contributed by atoms with Gasteiger partial charge in [0.2, 0.25) is 0 Å². The molecule has 3 N–H and O–H groups in total. The summed E-state index contributed by atoms with van der Waals surface area (Å²) in [5, 5.41) is 30.0. The van der Waals surface area contributed by atoms with Gasteiger partial charge in [0, 0.05) is 12.0 Å². The molecule has 1 aromatic rings. The van der Waals surface area contributed by atoms with Gasteiger partial charge in [0.15, 0.2) is 0 Å². The van der Waals surface area contributed by atoms with Crippen LogP contribution in [-0.4, -0.2) is 21.3 Å². The number of aliphatic carboxylic acids is 1. The first-order valence-corrected chi connectivity index (χ1v) is 11.8. The van der Waals surface area contributed by atoms with Crippen molar-refractivity contribution in [3.8, 4) is 11.5 Å². The molecule has 0 saturated carbocycles. The van der Waals surface area contributed by atoms with Gasteiger partial charge in [-0.1, -0.05) is 55.9 Å². The molecular formula is C27H42O4. The van der Waals surface area contributed by atoms with Crippen LogP contribution in [0.1, 0.15) is 109 Å². The van der Waals surface area contributed by atoms with E-state index in [1.807, 2.05) is 12.1 Å². The van der Waals surface area contributed by atoms with Crippen molar-refractivity contribution in [2.45, 2.75) is 104 Å². The van der Waals surface area contributed by atoms with E-state index in [1.165, 1.54) is 11.1 Å². The maximum Gasteiger partial charge on any atom is 0.303 e. The lowest BCUT2D eigenvalue weighted by Crippen LogP contribution is -2.01. The Hall–Kier alpha value is -2.23. The number of aromatic hydroxyl groups is 2. The third-order valence-corrected chi connectivity index (χ3v) is 5.79. The van der Waals surface area contributed by atoms with Crippen LogP contribution in [0.3, 0.4) is 0 Å². The van der Waals surface area contributed by atoms with Crippen molar-refractivity contribution in [1.82, 2.24) is 0 Å². The molecule has 0 radical (unpaired) electrons. The topological polar surface area (TPSA) is 77.8 Å². The van der Waals surface area contributed by atoms with Gasteiger partial charge in [0.25, 0.3) is 0 Å². The van der Waals surface area contributed by atoms with E-state index in [1.54, 1.807) is 0 Å². The van der Waals surface area contributed by atoms with Crippen LogP contribution in [0.2, 0.25) is 0 Å². The first-order valence-electron chi connectivity index (χ1n) is 11.8. The van der Waals surface area contributed by atoms with E-state index in [4.69, 9.17) is 5.11 Å². The summed E-state index contributed by atoms with van der Waals surface area (Å²) in [6.45, 7) is 8.45. The monoisotopic (exact) mass is 430 g/mol. The Morgan fingerprint density at radius 3 is 2.16 bits per heavy atom. The van der Waals surface area contributed by atoms with Gasteiger partial charge < -0.3 is 15.3 Å². The third-order valence-electron chi connectivity index (χ3n) is 5.79. The first kappa shape index (κ1) is 26.8. The first-order chi connectivity index (χ1) is 14.7. The largest absolute Gasteiger partial charge is 0.508 e. The van der Waals surface area contributed by atoms with E-state index in [0.717, 1.165) is 56.9 Å². The zero-order valence-electron chi connectivity index (χ0n) is 19.9. The number of hydrogen-bond acceptors (Lipinski definition) is 3. The molecule has 1 atom stereocenters. The summed E-state index contributed by atoms with van der Waals surface area (Å²) in [7, 11) is 0. The average molecular weight is 431 g/mol. The fourth-order valence-corrected chi connectivity index (χ4v) is 3.85. The Bertz CT molecular complexity index is 719. The predicted molar refractivity (Wildman–Crippen MR) is 129 cm³/mol. The number of benzene rings is 1. The number of allylic oxidation sites excluding steroid dienone is 4. The van der Waals surface area contributed by atoms with Crippen molar-refractivity contribution in [1.29, 1.82) is 0 Å². The van der Waals surface area contributed by atoms with Gasteiger partial charge in [-0.15, -0.1) is 0 Å². The molecule has 0 heterocycles. The van der Waals surface area contributed by atoms with Crippen molar-refractivity contribution in [2.24, 2.45) is 0 Å². The molecule has 1 rings (SSSR count). The average Bonchev–Trinajstić information content (AvgIpc) is 2.68. The molecule has 0 aromatic heterocycles. The molecule has 0 aliphatic heterocycles. The van der Waals surface area contributed by atoms with Crippen LogP contribution in [-0.2, 0) is 11.2 Å². The molecule has 4 heteroatoms. The fraction of sp³-hybridized carbons (Fsp3) is 0.593. The summed E-state index contributed by atoms with van der Waals surface area (Å²) in [6.07, 6.45) is 13.7. The highest BCUT2D eigenvalue weighted by Crippen LogP contribution is 2.36. The highest BCUT2D eigenvalue weighted by molar-refractivity contribution is 5.66. The second kappa shape index (κ2) is 14.7. The summed E-state index contributed by atoms with van der Waals surface area (Å²) >= 11 is 0. The molecule has 1 aromatic carbocycles. The van der Waals surface area contributed by atoms with E-state index in [2.05, 4.69) is 39.8 Å². The Kier molecular flexibility index (Phi) is 12.7. The standard InChI is InChI=1S/C27H42O4/c1-5-6-13-22(14-8-7-9-15-27(30)31)23-18-25(28)24(26(29)19-23)17-16-21(4)12-10-11-20(2)3/h11,16,18-19,22,28-29H,5-10,12-15,17H2,1-4H3,(H,30,31)/b21-16+. The number of carbonyl (C=O) groups is 1. The Labute approximate surface area is 188 Å². The lowest BCUT2D eigenvalue weighted by Gasteiger charge is -2.19. The van der Waals surface area contributed by atoms with E-state index >= 15 is 0 Å². The third kappa shape index (κ3) is 11.1. The zero-order chi connectivity index (χ0) is 23.2. The molecule has 0 amide bonds. The molecule has 0 aliphatic rings. The summed E-state index contributed by atoms with van der Waals surface area (Å²) in [5.74, 6) is -0.141. The van der Waals surface area contributed by atoms with Gasteiger partial charge in [0.1, 0.15) is 11.5 Å². The van der Waals surface area contributed by atoms with Gasteiger partial charge in [0.05, 0.1) is 0 Å². The zero-order valence-corrected chi connectivity index (χ0v) is 19.9. The highest BCUT2D eigenvalue weighted by Gasteiger charge is 2.16. The number of carboxylic acid groups (broad SMARTS) is 1. The van der Waals surface area contributed by atoms with Crippen molar-refractivity contribution < 1.29 is 20.1 Å². The minimum atomic E-state index is -0.741. The molecule has 174 valence electrons. The van der Waals surface area contributed by atoms with Crippen molar-refractivity contribution >= 4 is 5.97 Å². The Balaban J connectivity index is 2.81. The lowest BCUT2D eigenvalue weighted by atomic mass is 9.87. The van der Waals surface area contributed by atoms with Crippen LogP contribution in [0.4, 0.5) is 0 Å². The molecule has 0 aliphatic carbocycles. The molecule has 0 saturated heterocycles. The van der Waals surface area contributed by atoms with Crippen molar-refractivity contribution in [3.05, 3.63) is 46.6 Å².